The number of aromatic nitrogens is 2. The first-order chi connectivity index (χ1) is 12.1. The summed E-state index contributed by atoms with van der Waals surface area (Å²) in [4.78, 5) is 0. The minimum absolute atomic E-state index is 0.431. The van der Waals surface area contributed by atoms with Gasteiger partial charge in [-0.25, -0.2) is 0 Å². The molecule has 0 atom stereocenters. The summed E-state index contributed by atoms with van der Waals surface area (Å²) in [6.45, 7) is 2.48. The number of rotatable bonds is 6. The molecule has 130 valence electrons. The molecule has 0 saturated heterocycles. The van der Waals surface area contributed by atoms with Gasteiger partial charge in [0.15, 0.2) is 11.5 Å². The van der Waals surface area contributed by atoms with Crippen molar-refractivity contribution in [3.05, 3.63) is 52.3 Å². The minimum atomic E-state index is 0.431. The molecule has 0 unspecified atom stereocenters. The van der Waals surface area contributed by atoms with Gasteiger partial charge in [0.05, 0.1) is 20.8 Å². The molecule has 0 bridgehead atoms. The van der Waals surface area contributed by atoms with Crippen LogP contribution in [0.2, 0.25) is 0 Å². The van der Waals surface area contributed by atoms with Crippen LogP contribution in [0.3, 0.4) is 0 Å². The number of methoxy groups -OCH3 is 2. The molecule has 1 aromatic heterocycles. The molecule has 2 aromatic carbocycles. The van der Waals surface area contributed by atoms with Crippen LogP contribution in [0.4, 0.5) is 5.69 Å². The normalized spacial score (nSPS) is 10.6. The summed E-state index contributed by atoms with van der Waals surface area (Å²) >= 11 is 3.54. The van der Waals surface area contributed by atoms with E-state index in [-0.39, 0.29) is 0 Å². The molecule has 0 radical (unpaired) electrons. The summed E-state index contributed by atoms with van der Waals surface area (Å²) in [7, 11) is 3.18. The summed E-state index contributed by atoms with van der Waals surface area (Å²) in [6.07, 6.45) is 0. The number of hydrogen-bond donors (Lipinski definition) is 1. The Bertz CT molecular complexity index is 880. The summed E-state index contributed by atoms with van der Waals surface area (Å²) in [5.74, 6) is 2.19. The number of benzene rings is 2. The second-order valence-electron chi connectivity index (χ2n) is 5.41. The van der Waals surface area contributed by atoms with E-state index in [1.54, 1.807) is 26.4 Å². The molecule has 6 nitrogen and oxygen atoms in total. The maximum absolute atomic E-state index is 5.73. The number of ether oxygens (including phenoxy) is 2. The smallest absolute Gasteiger partial charge is 0.247 e. The average Bonchev–Trinajstić information content (AvgIpc) is 3.09. The summed E-state index contributed by atoms with van der Waals surface area (Å²) in [6, 6.07) is 11.6. The third-order valence-corrected chi connectivity index (χ3v) is 4.31. The van der Waals surface area contributed by atoms with E-state index in [4.69, 9.17) is 13.9 Å². The zero-order chi connectivity index (χ0) is 17.8. The van der Waals surface area contributed by atoms with Crippen molar-refractivity contribution in [1.29, 1.82) is 0 Å². The molecular weight excluding hydrogens is 386 g/mol. The van der Waals surface area contributed by atoms with E-state index in [1.165, 1.54) is 5.56 Å². The number of aryl methyl sites for hydroxylation is 1. The first kappa shape index (κ1) is 17.3. The zero-order valence-electron chi connectivity index (χ0n) is 14.2. The molecule has 1 heterocycles. The second kappa shape index (κ2) is 7.57. The third kappa shape index (κ3) is 3.93. The van der Waals surface area contributed by atoms with Gasteiger partial charge in [0.25, 0.3) is 0 Å². The molecule has 1 N–H and O–H groups in total. The van der Waals surface area contributed by atoms with E-state index in [9.17, 15) is 0 Å². The van der Waals surface area contributed by atoms with Crippen LogP contribution in [0.5, 0.6) is 11.5 Å². The lowest BCUT2D eigenvalue weighted by atomic mass is 10.2. The molecule has 3 rings (SSSR count). The molecule has 0 aliphatic heterocycles. The topological polar surface area (TPSA) is 69.4 Å². The molecule has 0 saturated carbocycles. The minimum Gasteiger partial charge on any atom is -0.493 e. The van der Waals surface area contributed by atoms with Crippen molar-refractivity contribution in [3.8, 4) is 23.0 Å². The predicted molar refractivity (Wildman–Crippen MR) is 99.0 cm³/mol. The van der Waals surface area contributed by atoms with Crippen LogP contribution < -0.4 is 14.8 Å². The van der Waals surface area contributed by atoms with Crippen LogP contribution in [0.25, 0.3) is 11.5 Å². The second-order valence-corrected chi connectivity index (χ2v) is 6.26. The number of hydrogen-bond acceptors (Lipinski definition) is 6. The van der Waals surface area contributed by atoms with Crippen LogP contribution in [-0.2, 0) is 6.54 Å². The Balaban J connectivity index is 1.74. The lowest BCUT2D eigenvalue weighted by molar-refractivity contribution is 0.355. The van der Waals surface area contributed by atoms with Crippen molar-refractivity contribution < 1.29 is 13.9 Å². The molecule has 25 heavy (non-hydrogen) atoms. The molecule has 0 fully saturated rings. The Morgan fingerprint density at radius 3 is 2.56 bits per heavy atom. The highest BCUT2D eigenvalue weighted by Gasteiger charge is 2.12. The fourth-order valence-electron chi connectivity index (χ4n) is 2.35. The standard InChI is InChI=1S/C18H18BrN3O3/c1-11-4-6-14(13(19)8-11)20-10-17-21-22-18(25-17)12-5-7-15(23-2)16(9-12)24-3/h4-9,20H,10H2,1-3H3. The van der Waals surface area contributed by atoms with Crippen molar-refractivity contribution >= 4 is 21.6 Å². The molecule has 0 spiro atoms. The van der Waals surface area contributed by atoms with Crippen LogP contribution in [0.15, 0.2) is 45.3 Å². The van der Waals surface area contributed by atoms with E-state index < -0.39 is 0 Å². The maximum atomic E-state index is 5.73. The lowest BCUT2D eigenvalue weighted by Gasteiger charge is -2.08. The largest absolute Gasteiger partial charge is 0.493 e. The summed E-state index contributed by atoms with van der Waals surface area (Å²) in [5.41, 5.74) is 2.93. The Morgan fingerprint density at radius 1 is 1.04 bits per heavy atom. The number of nitrogens with zero attached hydrogens (tertiary/aromatic N) is 2. The highest BCUT2D eigenvalue weighted by molar-refractivity contribution is 9.10. The highest BCUT2D eigenvalue weighted by atomic mass is 79.9. The fraction of sp³-hybridized carbons (Fsp3) is 0.222. The van der Waals surface area contributed by atoms with E-state index in [2.05, 4.69) is 31.4 Å². The Labute approximate surface area is 154 Å². The van der Waals surface area contributed by atoms with Crippen molar-refractivity contribution in [2.24, 2.45) is 0 Å². The van der Waals surface area contributed by atoms with Gasteiger partial charge in [-0.05, 0) is 58.7 Å². The maximum Gasteiger partial charge on any atom is 0.247 e. The van der Waals surface area contributed by atoms with Gasteiger partial charge >= 0.3 is 0 Å². The first-order valence-corrected chi connectivity index (χ1v) is 8.45. The van der Waals surface area contributed by atoms with Crippen molar-refractivity contribution in [1.82, 2.24) is 10.2 Å². The van der Waals surface area contributed by atoms with Gasteiger partial charge in [-0.2, -0.15) is 0 Å². The molecule has 3 aromatic rings. The monoisotopic (exact) mass is 403 g/mol. The van der Waals surface area contributed by atoms with Crippen LogP contribution >= 0.6 is 15.9 Å². The molecule has 7 heteroatoms. The van der Waals surface area contributed by atoms with Gasteiger partial charge in [0.1, 0.15) is 0 Å². The fourth-order valence-corrected chi connectivity index (χ4v) is 2.98. The molecular formula is C18H18BrN3O3. The number of nitrogens with one attached hydrogen (secondary N) is 1. The number of halogens is 1. The van der Waals surface area contributed by atoms with Crippen molar-refractivity contribution in [2.75, 3.05) is 19.5 Å². The van der Waals surface area contributed by atoms with Crippen molar-refractivity contribution in [2.45, 2.75) is 13.5 Å². The SMILES string of the molecule is COc1ccc(-c2nnc(CNc3ccc(C)cc3Br)o2)cc1OC. The van der Waals surface area contributed by atoms with Gasteiger partial charge in [-0.15, -0.1) is 10.2 Å². The lowest BCUT2D eigenvalue weighted by Crippen LogP contribution is -2.00. The van der Waals surface area contributed by atoms with Crippen LogP contribution in [-0.4, -0.2) is 24.4 Å². The van der Waals surface area contributed by atoms with E-state index in [0.29, 0.717) is 29.8 Å². The van der Waals surface area contributed by atoms with Crippen molar-refractivity contribution in [3.63, 3.8) is 0 Å². The number of anilines is 1. The summed E-state index contributed by atoms with van der Waals surface area (Å²) < 4.78 is 17.3. The highest BCUT2D eigenvalue weighted by Crippen LogP contribution is 2.32. The third-order valence-electron chi connectivity index (χ3n) is 3.65. The van der Waals surface area contributed by atoms with Gasteiger partial charge in [0, 0.05) is 15.7 Å². The molecule has 0 aliphatic carbocycles. The first-order valence-electron chi connectivity index (χ1n) is 7.65. The van der Waals surface area contributed by atoms with Gasteiger partial charge < -0.3 is 19.2 Å². The van der Waals surface area contributed by atoms with Gasteiger partial charge in [-0.3, -0.25) is 0 Å². The predicted octanol–water partition coefficient (Wildman–Crippen LogP) is 4.44. The van der Waals surface area contributed by atoms with Crippen LogP contribution in [0.1, 0.15) is 11.5 Å². The molecule has 0 amide bonds. The van der Waals surface area contributed by atoms with Crippen LogP contribution in [0, 0.1) is 6.92 Å². The average molecular weight is 404 g/mol. The van der Waals surface area contributed by atoms with E-state index >= 15 is 0 Å². The van der Waals surface area contributed by atoms with Gasteiger partial charge in [-0.1, -0.05) is 6.07 Å². The van der Waals surface area contributed by atoms with Gasteiger partial charge in [0.2, 0.25) is 11.8 Å². The van der Waals surface area contributed by atoms with E-state index in [0.717, 1.165) is 15.7 Å². The van der Waals surface area contributed by atoms with E-state index in [1.807, 2.05) is 31.2 Å². The Kier molecular flexibility index (Phi) is 5.23. The quantitative estimate of drug-likeness (QED) is 0.655. The Morgan fingerprint density at radius 2 is 1.84 bits per heavy atom. The zero-order valence-corrected chi connectivity index (χ0v) is 15.8. The Hall–Kier alpha value is -2.54. The summed E-state index contributed by atoms with van der Waals surface area (Å²) in [5, 5.41) is 11.5. The molecule has 0 aliphatic rings.